The van der Waals surface area contributed by atoms with Crippen molar-refractivity contribution in [3.05, 3.63) is 42.5 Å². The molecular formula is C21H22O2. The summed E-state index contributed by atoms with van der Waals surface area (Å²) in [6.45, 7) is 0. The molecule has 23 heavy (non-hydrogen) atoms. The third-order valence-electron chi connectivity index (χ3n) is 6.40. The van der Waals surface area contributed by atoms with Gasteiger partial charge < -0.3 is 4.74 Å². The summed E-state index contributed by atoms with van der Waals surface area (Å²) in [5, 5.41) is 2.31. The molecule has 2 heteroatoms. The van der Waals surface area contributed by atoms with E-state index in [1.54, 1.807) is 0 Å². The van der Waals surface area contributed by atoms with Crippen LogP contribution in [0.5, 0.6) is 5.75 Å². The molecule has 0 unspecified atom stereocenters. The molecule has 4 bridgehead atoms. The lowest BCUT2D eigenvalue weighted by atomic mass is 9.49. The first-order chi connectivity index (χ1) is 11.2. The van der Waals surface area contributed by atoms with E-state index in [9.17, 15) is 4.79 Å². The Morgan fingerprint density at radius 2 is 1.48 bits per heavy atom. The Bertz CT molecular complexity index is 741. The molecule has 2 aromatic rings. The van der Waals surface area contributed by atoms with E-state index in [0.717, 1.165) is 42.4 Å². The summed E-state index contributed by atoms with van der Waals surface area (Å²) in [7, 11) is 0. The molecule has 0 N–H and O–H groups in total. The van der Waals surface area contributed by atoms with Gasteiger partial charge in [0.25, 0.3) is 0 Å². The van der Waals surface area contributed by atoms with Crippen LogP contribution in [0.25, 0.3) is 10.8 Å². The minimum absolute atomic E-state index is 0.0341. The topological polar surface area (TPSA) is 26.3 Å². The number of hydrogen-bond donors (Lipinski definition) is 0. The van der Waals surface area contributed by atoms with E-state index in [1.165, 1.54) is 24.6 Å². The van der Waals surface area contributed by atoms with Crippen molar-refractivity contribution in [2.75, 3.05) is 0 Å². The molecule has 6 rings (SSSR count). The second kappa shape index (κ2) is 4.83. The largest absolute Gasteiger partial charge is 0.426 e. The van der Waals surface area contributed by atoms with Gasteiger partial charge in [-0.05, 0) is 79.2 Å². The first kappa shape index (κ1) is 13.6. The van der Waals surface area contributed by atoms with Crippen molar-refractivity contribution in [3.63, 3.8) is 0 Å². The third-order valence-corrected chi connectivity index (χ3v) is 6.40. The number of hydrogen-bond acceptors (Lipinski definition) is 2. The van der Waals surface area contributed by atoms with Crippen LogP contribution < -0.4 is 4.74 Å². The van der Waals surface area contributed by atoms with Crippen LogP contribution in [0.4, 0.5) is 0 Å². The van der Waals surface area contributed by atoms with Crippen LogP contribution in [0.15, 0.2) is 42.5 Å². The van der Waals surface area contributed by atoms with Gasteiger partial charge in [0, 0.05) is 0 Å². The average molecular weight is 306 g/mol. The molecule has 4 aliphatic rings. The van der Waals surface area contributed by atoms with Crippen molar-refractivity contribution in [2.45, 2.75) is 38.5 Å². The van der Waals surface area contributed by atoms with Crippen LogP contribution in [-0.4, -0.2) is 5.97 Å². The molecule has 0 heterocycles. The lowest BCUT2D eigenvalue weighted by Crippen LogP contribution is -2.51. The Kier molecular flexibility index (Phi) is 2.86. The first-order valence-electron chi connectivity index (χ1n) is 8.91. The highest BCUT2D eigenvalue weighted by Crippen LogP contribution is 2.60. The molecule has 118 valence electrons. The Morgan fingerprint density at radius 1 is 0.870 bits per heavy atom. The number of fused-ring (bicyclic) bond motifs is 1. The van der Waals surface area contributed by atoms with Crippen LogP contribution in [0, 0.1) is 23.2 Å². The van der Waals surface area contributed by atoms with Gasteiger partial charge >= 0.3 is 5.97 Å². The van der Waals surface area contributed by atoms with Crippen LogP contribution in [0.1, 0.15) is 38.5 Å². The Balaban J connectivity index is 1.42. The first-order valence-corrected chi connectivity index (χ1v) is 8.91. The maximum Gasteiger partial charge on any atom is 0.317 e. The van der Waals surface area contributed by atoms with Gasteiger partial charge in [0.2, 0.25) is 0 Å². The van der Waals surface area contributed by atoms with Crippen LogP contribution in [0.2, 0.25) is 0 Å². The number of benzene rings is 2. The summed E-state index contributed by atoms with van der Waals surface area (Å²) in [4.78, 5) is 13.0. The quantitative estimate of drug-likeness (QED) is 0.579. The Hall–Kier alpha value is -1.83. The lowest BCUT2D eigenvalue weighted by molar-refractivity contribution is -0.161. The summed E-state index contributed by atoms with van der Waals surface area (Å²) in [6.07, 6.45) is 7.23. The van der Waals surface area contributed by atoms with E-state index < -0.39 is 0 Å². The molecule has 0 saturated heterocycles. The second-order valence-electron chi connectivity index (χ2n) is 8.10. The molecule has 0 amide bonds. The number of rotatable bonds is 2. The van der Waals surface area contributed by atoms with Crippen molar-refractivity contribution in [3.8, 4) is 5.75 Å². The fraction of sp³-hybridized carbons (Fsp3) is 0.476. The SMILES string of the molecule is O=C(Oc1ccc2ccccc2c1)C12CC3CC(CC(C3)C1)C2. The molecule has 0 atom stereocenters. The number of esters is 1. The smallest absolute Gasteiger partial charge is 0.317 e. The molecule has 2 aromatic carbocycles. The maximum absolute atomic E-state index is 13.0. The Morgan fingerprint density at radius 3 is 2.13 bits per heavy atom. The molecule has 0 spiro atoms. The van der Waals surface area contributed by atoms with Crippen molar-refractivity contribution in [2.24, 2.45) is 23.2 Å². The summed E-state index contributed by atoms with van der Waals surface area (Å²) < 4.78 is 5.87. The minimum atomic E-state index is -0.180. The highest BCUT2D eigenvalue weighted by Gasteiger charge is 2.55. The zero-order valence-corrected chi connectivity index (χ0v) is 13.3. The second-order valence-corrected chi connectivity index (χ2v) is 8.10. The predicted molar refractivity (Wildman–Crippen MR) is 90.2 cm³/mol. The molecule has 4 saturated carbocycles. The average Bonchev–Trinajstić information content (AvgIpc) is 2.53. The zero-order valence-electron chi connectivity index (χ0n) is 13.3. The summed E-state index contributed by atoms with van der Waals surface area (Å²) >= 11 is 0. The molecule has 2 nitrogen and oxygen atoms in total. The van der Waals surface area contributed by atoms with Crippen molar-refractivity contribution < 1.29 is 9.53 Å². The Labute approximate surface area is 136 Å². The van der Waals surface area contributed by atoms with Crippen LogP contribution >= 0.6 is 0 Å². The highest BCUT2D eigenvalue weighted by molar-refractivity contribution is 5.85. The van der Waals surface area contributed by atoms with Crippen LogP contribution in [0.3, 0.4) is 0 Å². The van der Waals surface area contributed by atoms with Gasteiger partial charge in [-0.2, -0.15) is 0 Å². The van der Waals surface area contributed by atoms with Crippen molar-refractivity contribution in [1.82, 2.24) is 0 Å². The van der Waals surface area contributed by atoms with Gasteiger partial charge in [-0.3, -0.25) is 4.79 Å². The van der Waals surface area contributed by atoms with Crippen molar-refractivity contribution in [1.29, 1.82) is 0 Å². The standard InChI is InChI=1S/C21H22O2/c22-20(21-11-14-7-15(12-21)9-16(8-14)13-21)23-19-6-5-17-3-1-2-4-18(17)10-19/h1-6,10,14-16H,7-9,11-13H2. The number of carbonyl (C=O) groups is 1. The zero-order chi connectivity index (χ0) is 15.4. The van der Waals surface area contributed by atoms with E-state index in [2.05, 4.69) is 12.1 Å². The van der Waals surface area contributed by atoms with E-state index in [1.807, 2.05) is 30.3 Å². The van der Waals surface area contributed by atoms with E-state index in [4.69, 9.17) is 4.74 Å². The third kappa shape index (κ3) is 2.19. The molecule has 4 aliphatic carbocycles. The minimum Gasteiger partial charge on any atom is -0.426 e. The van der Waals surface area contributed by atoms with Gasteiger partial charge in [0.1, 0.15) is 5.75 Å². The monoisotopic (exact) mass is 306 g/mol. The molecule has 0 radical (unpaired) electrons. The fourth-order valence-corrected chi connectivity index (χ4v) is 5.81. The van der Waals surface area contributed by atoms with Gasteiger partial charge in [0.05, 0.1) is 5.41 Å². The van der Waals surface area contributed by atoms with E-state index in [0.29, 0.717) is 5.75 Å². The van der Waals surface area contributed by atoms with E-state index >= 15 is 0 Å². The van der Waals surface area contributed by atoms with E-state index in [-0.39, 0.29) is 11.4 Å². The van der Waals surface area contributed by atoms with Gasteiger partial charge in [-0.1, -0.05) is 30.3 Å². The summed E-state index contributed by atoms with van der Waals surface area (Å²) in [5.74, 6) is 3.04. The molecular weight excluding hydrogens is 284 g/mol. The summed E-state index contributed by atoms with van der Waals surface area (Å²) in [6, 6.07) is 14.2. The number of carbonyl (C=O) groups excluding carboxylic acids is 1. The van der Waals surface area contributed by atoms with Crippen molar-refractivity contribution >= 4 is 16.7 Å². The maximum atomic E-state index is 13.0. The van der Waals surface area contributed by atoms with Crippen LogP contribution in [-0.2, 0) is 4.79 Å². The molecule has 0 aromatic heterocycles. The molecule has 0 aliphatic heterocycles. The summed E-state index contributed by atoms with van der Waals surface area (Å²) in [5.41, 5.74) is -0.180. The molecule has 4 fully saturated rings. The lowest BCUT2D eigenvalue weighted by Gasteiger charge is -2.55. The number of ether oxygens (including phenoxy) is 1. The fourth-order valence-electron chi connectivity index (χ4n) is 5.81. The predicted octanol–water partition coefficient (Wildman–Crippen LogP) is 4.96. The van der Waals surface area contributed by atoms with Gasteiger partial charge in [0.15, 0.2) is 0 Å². The normalized spacial score (nSPS) is 34.7. The highest BCUT2D eigenvalue weighted by atomic mass is 16.5. The van der Waals surface area contributed by atoms with Gasteiger partial charge in [-0.15, -0.1) is 0 Å². The van der Waals surface area contributed by atoms with Gasteiger partial charge in [-0.25, -0.2) is 0 Å².